The number of sulfonamides is 1. The molecule has 0 atom stereocenters. The van der Waals surface area contributed by atoms with Crippen molar-refractivity contribution in [3.8, 4) is 0 Å². The number of nitrogens with one attached hydrogen (secondary N) is 1. The van der Waals surface area contributed by atoms with Crippen LogP contribution in [0.4, 0.5) is 11.4 Å². The molecular weight excluding hydrogens is 468 g/mol. The smallest absolute Gasteiger partial charge is 0.338 e. The van der Waals surface area contributed by atoms with Gasteiger partial charge in [0.05, 0.1) is 21.3 Å². The minimum Gasteiger partial charge on any atom is -0.453 e. The molecule has 2 aromatic rings. The van der Waals surface area contributed by atoms with Gasteiger partial charge in [-0.15, -0.1) is 0 Å². The zero-order valence-corrected chi connectivity index (χ0v) is 19.9. The number of rotatable bonds is 8. The number of benzene rings is 2. The highest BCUT2D eigenvalue weighted by Gasteiger charge is 2.39. The number of carbonyl (C=O) groups excluding carboxylic acids is 2. The molecule has 2 aromatic carbocycles. The second kappa shape index (κ2) is 10.5. The normalized spacial score (nSPS) is 15.5. The molecule has 0 heterocycles. The van der Waals surface area contributed by atoms with Gasteiger partial charge in [-0.2, -0.15) is 0 Å². The second-order valence-corrected chi connectivity index (χ2v) is 10.1. The second-order valence-electron chi connectivity index (χ2n) is 7.86. The Morgan fingerprint density at radius 2 is 1.79 bits per heavy atom. The van der Waals surface area contributed by atoms with E-state index in [1.165, 1.54) is 22.5 Å². The third-order valence-electron chi connectivity index (χ3n) is 5.53. The van der Waals surface area contributed by atoms with E-state index in [4.69, 9.17) is 16.3 Å². The molecule has 1 amide bonds. The lowest BCUT2D eigenvalue weighted by Crippen LogP contribution is -2.42. The van der Waals surface area contributed by atoms with Crippen molar-refractivity contribution in [1.29, 1.82) is 0 Å². The summed E-state index contributed by atoms with van der Waals surface area (Å²) in [5.41, 5.74) is -0.988. The summed E-state index contributed by atoms with van der Waals surface area (Å²) >= 11 is 6.16. The largest absolute Gasteiger partial charge is 0.453 e. The first-order chi connectivity index (χ1) is 15.7. The molecule has 0 radical (unpaired) electrons. The maximum atomic E-state index is 13.2. The summed E-state index contributed by atoms with van der Waals surface area (Å²) in [5.74, 6) is -1.53. The maximum absolute atomic E-state index is 13.2. The molecule has 1 fully saturated rings. The van der Waals surface area contributed by atoms with Gasteiger partial charge in [0.15, 0.2) is 12.2 Å². The number of halogens is 1. The van der Waals surface area contributed by atoms with E-state index in [9.17, 15) is 23.1 Å². The van der Waals surface area contributed by atoms with Crippen LogP contribution in [0.3, 0.4) is 0 Å². The third-order valence-corrected chi connectivity index (χ3v) is 7.75. The first-order valence-electron chi connectivity index (χ1n) is 10.7. The Bertz CT molecular complexity index is 1100. The van der Waals surface area contributed by atoms with Crippen LogP contribution in [0.25, 0.3) is 0 Å². The number of hydrogen-bond donors (Lipinski definition) is 2. The van der Waals surface area contributed by atoms with Crippen molar-refractivity contribution in [3.05, 3.63) is 53.6 Å². The first-order valence-corrected chi connectivity index (χ1v) is 12.6. The topological polar surface area (TPSA) is 113 Å². The van der Waals surface area contributed by atoms with E-state index in [1.54, 1.807) is 37.3 Å². The van der Waals surface area contributed by atoms with E-state index in [1.807, 2.05) is 0 Å². The average molecular weight is 495 g/mol. The Balaban J connectivity index is 1.72. The summed E-state index contributed by atoms with van der Waals surface area (Å²) in [6.45, 7) is 1.30. The van der Waals surface area contributed by atoms with Gasteiger partial charge >= 0.3 is 5.97 Å². The predicted molar refractivity (Wildman–Crippen MR) is 126 cm³/mol. The average Bonchev–Trinajstić information content (AvgIpc) is 2.80. The lowest BCUT2D eigenvalue weighted by Gasteiger charge is -2.29. The van der Waals surface area contributed by atoms with Crippen molar-refractivity contribution in [2.24, 2.45) is 0 Å². The molecule has 1 saturated carbocycles. The van der Waals surface area contributed by atoms with Crippen LogP contribution in [-0.4, -0.2) is 44.2 Å². The number of amides is 1. The summed E-state index contributed by atoms with van der Waals surface area (Å²) < 4.78 is 32.7. The SMILES string of the molecule is CCN(c1ccccc1)S(=O)(=O)c1ccc(Cl)c(NC(=O)COC(=O)C2(O)CCCCC2)c1. The molecule has 3 rings (SSSR count). The van der Waals surface area contributed by atoms with Crippen molar-refractivity contribution in [3.63, 3.8) is 0 Å². The van der Waals surface area contributed by atoms with E-state index in [0.29, 0.717) is 31.4 Å². The molecular formula is C23H27ClN2O6S. The summed E-state index contributed by atoms with van der Waals surface area (Å²) in [6.07, 6.45) is 2.97. The molecule has 0 unspecified atom stereocenters. The van der Waals surface area contributed by atoms with Crippen LogP contribution in [0.2, 0.25) is 5.02 Å². The Morgan fingerprint density at radius 3 is 2.42 bits per heavy atom. The van der Waals surface area contributed by atoms with Gasteiger partial charge in [-0.05, 0) is 62.9 Å². The molecule has 33 heavy (non-hydrogen) atoms. The van der Waals surface area contributed by atoms with Crippen LogP contribution in [0.15, 0.2) is 53.4 Å². The minimum absolute atomic E-state index is 0.0542. The first kappa shape index (κ1) is 25.0. The molecule has 178 valence electrons. The Hall–Kier alpha value is -2.62. The fourth-order valence-corrected chi connectivity index (χ4v) is 5.43. The van der Waals surface area contributed by atoms with Gasteiger partial charge in [-0.3, -0.25) is 9.10 Å². The number of nitrogens with zero attached hydrogens (tertiary/aromatic N) is 1. The van der Waals surface area contributed by atoms with E-state index in [-0.39, 0.29) is 22.2 Å². The maximum Gasteiger partial charge on any atom is 0.338 e. The monoisotopic (exact) mass is 494 g/mol. The van der Waals surface area contributed by atoms with Gasteiger partial charge in [-0.1, -0.05) is 36.2 Å². The number of esters is 1. The van der Waals surface area contributed by atoms with Crippen LogP contribution >= 0.6 is 11.6 Å². The highest BCUT2D eigenvalue weighted by atomic mass is 35.5. The zero-order valence-electron chi connectivity index (χ0n) is 18.3. The molecule has 1 aliphatic rings. The van der Waals surface area contributed by atoms with Crippen molar-refractivity contribution >= 4 is 44.9 Å². The fourth-order valence-electron chi connectivity index (χ4n) is 3.77. The van der Waals surface area contributed by atoms with Crippen molar-refractivity contribution in [2.75, 3.05) is 22.8 Å². The van der Waals surface area contributed by atoms with Gasteiger partial charge in [0, 0.05) is 6.54 Å². The number of ether oxygens (including phenoxy) is 1. The van der Waals surface area contributed by atoms with E-state index < -0.39 is 34.1 Å². The highest BCUT2D eigenvalue weighted by Crippen LogP contribution is 2.30. The van der Waals surface area contributed by atoms with Crippen molar-refractivity contribution < 1.29 is 27.9 Å². The summed E-state index contributed by atoms with van der Waals surface area (Å²) in [7, 11) is -3.92. The summed E-state index contributed by atoms with van der Waals surface area (Å²) in [4.78, 5) is 24.5. The van der Waals surface area contributed by atoms with Gasteiger partial charge < -0.3 is 15.2 Å². The van der Waals surface area contributed by atoms with Crippen LogP contribution in [0.1, 0.15) is 39.0 Å². The van der Waals surface area contributed by atoms with Crippen LogP contribution in [0.5, 0.6) is 0 Å². The highest BCUT2D eigenvalue weighted by molar-refractivity contribution is 7.92. The van der Waals surface area contributed by atoms with Crippen molar-refractivity contribution in [1.82, 2.24) is 0 Å². The number of hydrogen-bond acceptors (Lipinski definition) is 6. The Kier molecular flexibility index (Phi) is 7.99. The fraction of sp³-hybridized carbons (Fsp3) is 0.391. The van der Waals surface area contributed by atoms with E-state index >= 15 is 0 Å². The molecule has 2 N–H and O–H groups in total. The van der Waals surface area contributed by atoms with E-state index in [2.05, 4.69) is 5.32 Å². The van der Waals surface area contributed by atoms with Crippen LogP contribution in [0, 0.1) is 0 Å². The standard InChI is InChI=1S/C23H27ClN2O6S/c1-2-26(17-9-5-3-6-10-17)33(30,31)18-11-12-19(24)20(15-18)25-21(27)16-32-22(28)23(29)13-7-4-8-14-23/h3,5-6,9-12,15,29H,2,4,7-8,13-14,16H2,1H3,(H,25,27). The number of anilines is 2. The lowest BCUT2D eigenvalue weighted by atomic mass is 9.85. The zero-order chi connectivity index (χ0) is 24.1. The number of carbonyl (C=O) groups is 2. The molecule has 0 aromatic heterocycles. The Morgan fingerprint density at radius 1 is 1.12 bits per heavy atom. The molecule has 0 bridgehead atoms. The lowest BCUT2D eigenvalue weighted by molar-refractivity contribution is -0.170. The molecule has 10 heteroatoms. The molecule has 8 nitrogen and oxygen atoms in total. The third kappa shape index (κ3) is 5.85. The van der Waals surface area contributed by atoms with Gasteiger partial charge in [0.1, 0.15) is 0 Å². The van der Waals surface area contributed by atoms with E-state index in [0.717, 1.165) is 6.42 Å². The predicted octanol–water partition coefficient (Wildman–Crippen LogP) is 3.73. The summed E-state index contributed by atoms with van der Waals surface area (Å²) in [5, 5.41) is 13.0. The Labute approximate surface area is 198 Å². The van der Waals surface area contributed by atoms with Crippen LogP contribution < -0.4 is 9.62 Å². The quantitative estimate of drug-likeness (QED) is 0.540. The van der Waals surface area contributed by atoms with Crippen LogP contribution in [-0.2, 0) is 24.3 Å². The van der Waals surface area contributed by atoms with Gasteiger partial charge in [0.25, 0.3) is 15.9 Å². The molecule has 0 spiro atoms. The molecule has 0 aliphatic heterocycles. The minimum atomic E-state index is -3.92. The number of para-hydroxylation sites is 1. The van der Waals surface area contributed by atoms with Crippen molar-refractivity contribution in [2.45, 2.75) is 49.5 Å². The summed E-state index contributed by atoms with van der Waals surface area (Å²) in [6, 6.07) is 12.6. The van der Waals surface area contributed by atoms with Gasteiger partial charge in [-0.25, -0.2) is 13.2 Å². The molecule has 0 saturated heterocycles. The van der Waals surface area contributed by atoms with Gasteiger partial charge in [0.2, 0.25) is 0 Å². The molecule has 1 aliphatic carbocycles. The number of aliphatic hydroxyl groups is 1.